The van der Waals surface area contributed by atoms with E-state index in [2.05, 4.69) is 0 Å². The molecule has 0 aromatic heterocycles. The lowest BCUT2D eigenvalue weighted by Crippen LogP contribution is -2.28. The summed E-state index contributed by atoms with van der Waals surface area (Å²) in [5.41, 5.74) is -0.222. The molecule has 1 rings (SSSR count). The number of unbranched alkanes of at least 4 members (excludes halogenated alkanes) is 1. The third-order valence-corrected chi connectivity index (χ3v) is 3.82. The molecule has 0 radical (unpaired) electrons. The van der Waals surface area contributed by atoms with E-state index in [0.29, 0.717) is 23.4 Å². The van der Waals surface area contributed by atoms with Gasteiger partial charge >= 0.3 is 11.9 Å². The number of aliphatic carboxylic acids is 1. The molecule has 0 heterocycles. The van der Waals surface area contributed by atoms with Crippen molar-refractivity contribution in [1.82, 2.24) is 0 Å². The van der Waals surface area contributed by atoms with E-state index >= 15 is 0 Å². The second-order valence-corrected chi connectivity index (χ2v) is 6.14. The molecule has 0 saturated carbocycles. The number of carbonyl (C=O) groups is 3. The van der Waals surface area contributed by atoms with E-state index in [1.54, 1.807) is 18.2 Å². The lowest BCUT2D eigenvalue weighted by molar-refractivity contribution is -0.158. The van der Waals surface area contributed by atoms with E-state index in [1.807, 2.05) is 13.8 Å². The van der Waals surface area contributed by atoms with Gasteiger partial charge in [0.25, 0.3) is 5.78 Å². The number of rotatable bonds is 10. The first-order valence-electron chi connectivity index (χ1n) is 8.34. The maximum absolute atomic E-state index is 12.2. The quantitative estimate of drug-likeness (QED) is 0.220. The van der Waals surface area contributed by atoms with Crippen molar-refractivity contribution in [2.45, 2.75) is 52.1 Å². The van der Waals surface area contributed by atoms with Gasteiger partial charge in [-0.1, -0.05) is 56.8 Å². The Morgan fingerprint density at radius 3 is 2.48 bits per heavy atom. The Bertz CT molecular complexity index is 651. The SMILES string of the molecule is CCCCC(CCC)OC(=O)C(=O)C(=Cc1cccc(Cl)c1)C(=O)O. The van der Waals surface area contributed by atoms with Crippen LogP contribution in [0.25, 0.3) is 6.08 Å². The van der Waals surface area contributed by atoms with Gasteiger partial charge in [-0.3, -0.25) is 4.79 Å². The van der Waals surface area contributed by atoms with Gasteiger partial charge in [0.1, 0.15) is 11.7 Å². The summed E-state index contributed by atoms with van der Waals surface area (Å²) in [7, 11) is 0. The summed E-state index contributed by atoms with van der Waals surface area (Å²) in [5, 5.41) is 9.67. The first-order chi connectivity index (χ1) is 11.9. The first kappa shape index (κ1) is 20.9. The second-order valence-electron chi connectivity index (χ2n) is 5.71. The van der Waals surface area contributed by atoms with E-state index in [-0.39, 0.29) is 6.10 Å². The molecule has 0 bridgehead atoms. The number of Topliss-reactive ketones (excluding diaryl/α,β-unsaturated/α-hetero) is 1. The molecule has 6 heteroatoms. The van der Waals surface area contributed by atoms with Crippen LogP contribution in [-0.4, -0.2) is 28.9 Å². The number of ketones is 1. The summed E-state index contributed by atoms with van der Waals surface area (Å²) in [4.78, 5) is 35.7. The lowest BCUT2D eigenvalue weighted by atomic mass is 10.1. The first-order valence-corrected chi connectivity index (χ1v) is 8.72. The summed E-state index contributed by atoms with van der Waals surface area (Å²) in [6.45, 7) is 3.97. The zero-order valence-corrected chi connectivity index (χ0v) is 15.2. The number of carboxylic acid groups (broad SMARTS) is 1. The van der Waals surface area contributed by atoms with Crippen molar-refractivity contribution in [2.75, 3.05) is 0 Å². The van der Waals surface area contributed by atoms with Crippen molar-refractivity contribution in [2.24, 2.45) is 0 Å². The Labute approximate surface area is 152 Å². The number of hydrogen-bond acceptors (Lipinski definition) is 4. The van der Waals surface area contributed by atoms with Crippen molar-refractivity contribution in [1.29, 1.82) is 0 Å². The molecule has 0 saturated heterocycles. The van der Waals surface area contributed by atoms with Gasteiger partial charge in [0.15, 0.2) is 0 Å². The zero-order valence-electron chi connectivity index (χ0n) is 14.5. The standard InChI is InChI=1S/C19H23ClO5/c1-3-5-10-15(7-4-2)25-19(24)17(21)16(18(22)23)12-13-8-6-9-14(20)11-13/h6,8-9,11-12,15H,3-5,7,10H2,1-2H3,(H,22,23). The van der Waals surface area contributed by atoms with Crippen molar-refractivity contribution in [3.63, 3.8) is 0 Å². The third kappa shape index (κ3) is 7.10. The van der Waals surface area contributed by atoms with Crippen LogP contribution < -0.4 is 0 Å². The molecule has 0 aliphatic heterocycles. The Balaban J connectivity index is 2.94. The number of halogens is 1. The fourth-order valence-electron chi connectivity index (χ4n) is 2.32. The van der Waals surface area contributed by atoms with Crippen molar-refractivity contribution < 1.29 is 24.2 Å². The fourth-order valence-corrected chi connectivity index (χ4v) is 2.52. The zero-order chi connectivity index (χ0) is 18.8. The topological polar surface area (TPSA) is 80.7 Å². The van der Waals surface area contributed by atoms with Crippen LogP contribution in [-0.2, 0) is 19.1 Å². The molecule has 1 atom stereocenters. The second kappa shape index (κ2) is 10.7. The van der Waals surface area contributed by atoms with Crippen LogP contribution in [0.3, 0.4) is 0 Å². The number of hydrogen-bond donors (Lipinski definition) is 1. The highest BCUT2D eigenvalue weighted by Crippen LogP contribution is 2.16. The third-order valence-electron chi connectivity index (χ3n) is 3.58. The number of esters is 1. The molecule has 0 spiro atoms. The summed E-state index contributed by atoms with van der Waals surface area (Å²) < 4.78 is 5.23. The van der Waals surface area contributed by atoms with Gasteiger partial charge < -0.3 is 9.84 Å². The number of carboxylic acids is 1. The molecule has 1 aromatic rings. The van der Waals surface area contributed by atoms with Crippen LogP contribution in [0.1, 0.15) is 51.5 Å². The van der Waals surface area contributed by atoms with Gasteiger partial charge in [-0.25, -0.2) is 9.59 Å². The highest BCUT2D eigenvalue weighted by Gasteiger charge is 2.28. The lowest BCUT2D eigenvalue weighted by Gasteiger charge is -2.16. The summed E-state index contributed by atoms with van der Waals surface area (Å²) >= 11 is 5.85. The minimum absolute atomic E-state index is 0.373. The average molecular weight is 367 g/mol. The Kier molecular flexibility index (Phi) is 8.92. The molecular weight excluding hydrogens is 344 g/mol. The molecule has 25 heavy (non-hydrogen) atoms. The van der Waals surface area contributed by atoms with Gasteiger partial charge in [0.05, 0.1) is 0 Å². The Morgan fingerprint density at radius 1 is 1.20 bits per heavy atom. The van der Waals surface area contributed by atoms with E-state index in [1.165, 1.54) is 6.07 Å². The molecular formula is C19H23ClO5. The van der Waals surface area contributed by atoms with Crippen LogP contribution >= 0.6 is 11.6 Å². The summed E-state index contributed by atoms with van der Waals surface area (Å²) in [5.74, 6) is -3.78. The van der Waals surface area contributed by atoms with Crippen LogP contribution in [0.5, 0.6) is 0 Å². The van der Waals surface area contributed by atoms with E-state index in [9.17, 15) is 19.5 Å². The summed E-state index contributed by atoms with van der Waals surface area (Å²) in [6.07, 6.45) is 4.67. The highest BCUT2D eigenvalue weighted by atomic mass is 35.5. The van der Waals surface area contributed by atoms with Crippen LogP contribution in [0, 0.1) is 0 Å². The fraction of sp³-hybridized carbons (Fsp3) is 0.421. The molecule has 1 N–H and O–H groups in total. The van der Waals surface area contributed by atoms with Crippen molar-refractivity contribution in [3.8, 4) is 0 Å². The van der Waals surface area contributed by atoms with E-state index in [4.69, 9.17) is 16.3 Å². The van der Waals surface area contributed by atoms with Crippen molar-refractivity contribution in [3.05, 3.63) is 40.4 Å². The Morgan fingerprint density at radius 2 is 1.92 bits per heavy atom. The van der Waals surface area contributed by atoms with E-state index in [0.717, 1.165) is 25.3 Å². The monoisotopic (exact) mass is 366 g/mol. The molecule has 5 nitrogen and oxygen atoms in total. The number of carbonyl (C=O) groups excluding carboxylic acids is 2. The van der Waals surface area contributed by atoms with Crippen LogP contribution in [0.15, 0.2) is 29.8 Å². The predicted molar refractivity (Wildman–Crippen MR) is 96.4 cm³/mol. The molecule has 1 unspecified atom stereocenters. The van der Waals surface area contributed by atoms with E-state index < -0.39 is 23.3 Å². The molecule has 0 aliphatic rings. The maximum atomic E-state index is 12.2. The minimum atomic E-state index is -1.48. The average Bonchev–Trinajstić information content (AvgIpc) is 2.57. The van der Waals surface area contributed by atoms with Gasteiger partial charge in [-0.2, -0.15) is 0 Å². The van der Waals surface area contributed by atoms with Crippen LogP contribution in [0.4, 0.5) is 0 Å². The van der Waals surface area contributed by atoms with Gasteiger partial charge in [0, 0.05) is 5.02 Å². The predicted octanol–water partition coefficient (Wildman–Crippen LogP) is 4.28. The van der Waals surface area contributed by atoms with Gasteiger partial charge in [0.2, 0.25) is 0 Å². The molecule has 0 aliphatic carbocycles. The normalized spacial score (nSPS) is 12.5. The smallest absolute Gasteiger partial charge is 0.380 e. The highest BCUT2D eigenvalue weighted by molar-refractivity contribution is 6.47. The summed E-state index contributed by atoms with van der Waals surface area (Å²) in [6, 6.07) is 6.34. The maximum Gasteiger partial charge on any atom is 0.380 e. The molecule has 1 aromatic carbocycles. The molecule has 0 fully saturated rings. The van der Waals surface area contributed by atoms with Gasteiger partial charge in [-0.15, -0.1) is 0 Å². The number of benzene rings is 1. The van der Waals surface area contributed by atoms with Crippen LogP contribution in [0.2, 0.25) is 5.02 Å². The Hall–Kier alpha value is -2.14. The molecule has 0 amide bonds. The molecule has 136 valence electrons. The van der Waals surface area contributed by atoms with Crippen molar-refractivity contribution >= 4 is 35.4 Å². The largest absolute Gasteiger partial charge is 0.478 e. The minimum Gasteiger partial charge on any atom is -0.478 e. The van der Waals surface area contributed by atoms with Gasteiger partial charge in [-0.05, 0) is 36.6 Å². The number of ether oxygens (including phenoxy) is 1.